The Labute approximate surface area is 178 Å². The first-order valence-corrected chi connectivity index (χ1v) is 10.2. The van der Waals surface area contributed by atoms with E-state index in [-0.39, 0.29) is 5.91 Å². The van der Waals surface area contributed by atoms with E-state index in [0.717, 1.165) is 12.8 Å². The summed E-state index contributed by atoms with van der Waals surface area (Å²) < 4.78 is 10.6. The highest BCUT2D eigenvalue weighted by atomic mass is 16.5. The van der Waals surface area contributed by atoms with Gasteiger partial charge in [0.25, 0.3) is 5.91 Å². The van der Waals surface area contributed by atoms with E-state index in [9.17, 15) is 9.59 Å². The Balaban J connectivity index is 2.10. The molecule has 0 saturated carbocycles. The van der Waals surface area contributed by atoms with Crippen molar-refractivity contribution in [1.82, 2.24) is 4.90 Å². The quantitative estimate of drug-likeness (QED) is 0.562. The SMILES string of the molecule is COc1cc(OC)cc(C(=O)N(CCCc2ccccc2)CCCC(C)C(=O)O)c1. The fraction of sp³-hybridized carbons (Fsp3) is 0.417. The Morgan fingerprint density at radius 3 is 2.13 bits per heavy atom. The second kappa shape index (κ2) is 11.9. The van der Waals surface area contributed by atoms with Gasteiger partial charge in [0.15, 0.2) is 0 Å². The van der Waals surface area contributed by atoms with E-state index in [4.69, 9.17) is 14.6 Å². The number of ether oxygens (including phenoxy) is 2. The van der Waals surface area contributed by atoms with Gasteiger partial charge < -0.3 is 19.5 Å². The molecule has 0 spiro atoms. The molecule has 6 nitrogen and oxygen atoms in total. The number of aryl methyl sites for hydroxylation is 1. The first-order chi connectivity index (χ1) is 14.4. The first kappa shape index (κ1) is 23.3. The second-order valence-electron chi connectivity index (χ2n) is 7.36. The molecule has 0 fully saturated rings. The maximum atomic E-state index is 13.2. The van der Waals surface area contributed by atoms with Crippen molar-refractivity contribution in [3.63, 3.8) is 0 Å². The van der Waals surface area contributed by atoms with Gasteiger partial charge in [0.05, 0.1) is 20.1 Å². The molecule has 1 unspecified atom stereocenters. The Bertz CT molecular complexity index is 799. The van der Waals surface area contributed by atoms with Crippen LogP contribution >= 0.6 is 0 Å². The van der Waals surface area contributed by atoms with Crippen molar-refractivity contribution in [2.24, 2.45) is 5.92 Å². The lowest BCUT2D eigenvalue weighted by Gasteiger charge is -2.24. The summed E-state index contributed by atoms with van der Waals surface area (Å²) >= 11 is 0. The number of hydrogen-bond acceptors (Lipinski definition) is 4. The van der Waals surface area contributed by atoms with Crippen LogP contribution in [0.25, 0.3) is 0 Å². The number of carboxylic acids is 1. The van der Waals surface area contributed by atoms with Gasteiger partial charge in [-0.2, -0.15) is 0 Å². The third-order valence-electron chi connectivity index (χ3n) is 5.11. The summed E-state index contributed by atoms with van der Waals surface area (Å²) in [5, 5.41) is 9.11. The van der Waals surface area contributed by atoms with Gasteiger partial charge >= 0.3 is 5.97 Å². The molecule has 1 N–H and O–H groups in total. The number of aliphatic carboxylic acids is 1. The minimum Gasteiger partial charge on any atom is -0.497 e. The van der Waals surface area contributed by atoms with Crippen LogP contribution in [0.3, 0.4) is 0 Å². The molecule has 0 aromatic heterocycles. The third kappa shape index (κ3) is 7.10. The van der Waals surface area contributed by atoms with E-state index >= 15 is 0 Å². The van der Waals surface area contributed by atoms with Gasteiger partial charge in [0.1, 0.15) is 11.5 Å². The number of carbonyl (C=O) groups is 2. The van der Waals surface area contributed by atoms with E-state index in [1.54, 1.807) is 44.2 Å². The Morgan fingerprint density at radius 2 is 1.57 bits per heavy atom. The number of nitrogens with zero attached hydrogens (tertiary/aromatic N) is 1. The van der Waals surface area contributed by atoms with Gasteiger partial charge in [0.2, 0.25) is 0 Å². The van der Waals surface area contributed by atoms with Crippen LogP contribution in [0, 0.1) is 5.92 Å². The highest BCUT2D eigenvalue weighted by molar-refractivity contribution is 5.95. The number of carboxylic acid groups (broad SMARTS) is 1. The average Bonchev–Trinajstić information content (AvgIpc) is 2.77. The van der Waals surface area contributed by atoms with Crippen LogP contribution in [0.5, 0.6) is 11.5 Å². The van der Waals surface area contributed by atoms with Gasteiger partial charge in [-0.15, -0.1) is 0 Å². The second-order valence-corrected chi connectivity index (χ2v) is 7.36. The molecule has 0 bridgehead atoms. The molecule has 2 aromatic rings. The number of methoxy groups -OCH3 is 2. The minimum atomic E-state index is -0.811. The van der Waals surface area contributed by atoms with E-state index in [0.29, 0.717) is 43.0 Å². The Hall–Kier alpha value is -3.02. The molecule has 0 aliphatic rings. The number of benzene rings is 2. The summed E-state index contributed by atoms with van der Waals surface area (Å²) in [6.07, 6.45) is 2.85. The molecule has 6 heteroatoms. The lowest BCUT2D eigenvalue weighted by molar-refractivity contribution is -0.141. The van der Waals surface area contributed by atoms with Crippen molar-refractivity contribution in [1.29, 1.82) is 0 Å². The number of amides is 1. The van der Waals surface area contributed by atoms with Gasteiger partial charge in [-0.1, -0.05) is 37.3 Å². The molecule has 0 aliphatic heterocycles. The predicted octanol–water partition coefficient (Wildman–Crippen LogP) is 4.28. The van der Waals surface area contributed by atoms with Crippen molar-refractivity contribution < 1.29 is 24.2 Å². The van der Waals surface area contributed by atoms with E-state index < -0.39 is 11.9 Å². The molecular weight excluding hydrogens is 382 g/mol. The van der Waals surface area contributed by atoms with Crippen LogP contribution in [-0.2, 0) is 11.2 Å². The molecule has 0 aliphatic carbocycles. The Morgan fingerprint density at radius 1 is 0.967 bits per heavy atom. The van der Waals surface area contributed by atoms with Gasteiger partial charge in [-0.05, 0) is 43.4 Å². The molecular formula is C24H31NO5. The maximum Gasteiger partial charge on any atom is 0.306 e. The van der Waals surface area contributed by atoms with Crippen LogP contribution in [0.4, 0.5) is 0 Å². The summed E-state index contributed by atoms with van der Waals surface area (Å²) in [7, 11) is 3.10. The fourth-order valence-corrected chi connectivity index (χ4v) is 3.26. The largest absolute Gasteiger partial charge is 0.497 e. The van der Waals surface area contributed by atoms with Crippen molar-refractivity contribution in [3.8, 4) is 11.5 Å². The van der Waals surface area contributed by atoms with Crippen molar-refractivity contribution >= 4 is 11.9 Å². The number of carbonyl (C=O) groups excluding carboxylic acids is 1. The van der Waals surface area contributed by atoms with E-state index in [2.05, 4.69) is 12.1 Å². The highest BCUT2D eigenvalue weighted by Gasteiger charge is 2.19. The van der Waals surface area contributed by atoms with Crippen molar-refractivity contribution in [3.05, 3.63) is 59.7 Å². The molecule has 2 rings (SSSR count). The monoisotopic (exact) mass is 413 g/mol. The smallest absolute Gasteiger partial charge is 0.306 e. The van der Waals surface area contributed by atoms with Crippen molar-refractivity contribution in [2.75, 3.05) is 27.3 Å². The van der Waals surface area contributed by atoms with Gasteiger partial charge in [-0.3, -0.25) is 9.59 Å². The van der Waals surface area contributed by atoms with Crippen molar-refractivity contribution in [2.45, 2.75) is 32.6 Å². The molecule has 1 amide bonds. The summed E-state index contributed by atoms with van der Waals surface area (Å²) in [6, 6.07) is 15.3. The summed E-state index contributed by atoms with van der Waals surface area (Å²) in [6.45, 7) is 2.79. The molecule has 0 heterocycles. The van der Waals surface area contributed by atoms with E-state index in [1.165, 1.54) is 5.56 Å². The molecule has 2 aromatic carbocycles. The standard InChI is InChI=1S/C24H31NO5/c1-18(24(27)28)9-7-13-25(14-8-12-19-10-5-4-6-11-19)23(26)20-15-21(29-2)17-22(16-20)30-3/h4-6,10-11,15-18H,7-9,12-14H2,1-3H3,(H,27,28). The lowest BCUT2D eigenvalue weighted by atomic mass is 10.1. The fourth-order valence-electron chi connectivity index (χ4n) is 3.26. The van der Waals surface area contributed by atoms with Gasteiger partial charge in [0, 0.05) is 24.7 Å². The summed E-state index contributed by atoms with van der Waals surface area (Å²) in [5.74, 6) is -0.233. The maximum absolute atomic E-state index is 13.2. The van der Waals surface area contributed by atoms with E-state index in [1.807, 2.05) is 18.2 Å². The normalized spacial score (nSPS) is 11.6. The summed E-state index contributed by atoms with van der Waals surface area (Å²) in [4.78, 5) is 26.1. The molecule has 1 atom stereocenters. The highest BCUT2D eigenvalue weighted by Crippen LogP contribution is 2.24. The number of hydrogen-bond donors (Lipinski definition) is 1. The average molecular weight is 414 g/mol. The van der Waals surface area contributed by atoms with Crippen LogP contribution < -0.4 is 9.47 Å². The minimum absolute atomic E-state index is 0.108. The zero-order chi connectivity index (χ0) is 21.9. The van der Waals surface area contributed by atoms with Gasteiger partial charge in [-0.25, -0.2) is 0 Å². The molecule has 162 valence electrons. The molecule has 0 saturated heterocycles. The topological polar surface area (TPSA) is 76.1 Å². The third-order valence-corrected chi connectivity index (χ3v) is 5.11. The van der Waals surface area contributed by atoms with Crippen LogP contribution in [0.15, 0.2) is 48.5 Å². The lowest BCUT2D eigenvalue weighted by Crippen LogP contribution is -2.33. The van der Waals surface area contributed by atoms with Crippen LogP contribution in [0.1, 0.15) is 42.1 Å². The molecule has 30 heavy (non-hydrogen) atoms. The molecule has 0 radical (unpaired) electrons. The first-order valence-electron chi connectivity index (χ1n) is 10.2. The predicted molar refractivity (Wildman–Crippen MR) is 116 cm³/mol. The Kier molecular flexibility index (Phi) is 9.19. The van der Waals surface area contributed by atoms with Crippen LogP contribution in [-0.4, -0.2) is 49.2 Å². The zero-order valence-corrected chi connectivity index (χ0v) is 18.0. The van der Waals surface area contributed by atoms with Crippen LogP contribution in [0.2, 0.25) is 0 Å². The number of rotatable bonds is 12. The zero-order valence-electron chi connectivity index (χ0n) is 18.0. The summed E-state index contributed by atoms with van der Waals surface area (Å²) in [5.41, 5.74) is 1.73.